The summed E-state index contributed by atoms with van der Waals surface area (Å²) < 4.78 is 0. The quantitative estimate of drug-likeness (QED) is 0.186. The number of aromatic amines is 1. The van der Waals surface area contributed by atoms with Gasteiger partial charge in [0.2, 0.25) is 0 Å². The van der Waals surface area contributed by atoms with Gasteiger partial charge in [0.15, 0.2) is 5.78 Å². The lowest BCUT2D eigenvalue weighted by Crippen LogP contribution is -2.16. The molecule has 188 valence electrons. The lowest BCUT2D eigenvalue weighted by atomic mass is 9.97. The number of fused-ring (bicyclic) bond motifs is 1. The van der Waals surface area contributed by atoms with E-state index in [0.29, 0.717) is 17.3 Å². The van der Waals surface area contributed by atoms with Crippen molar-refractivity contribution in [2.45, 2.75) is 19.4 Å². The smallest absolute Gasteiger partial charge is 0.257 e. The number of hydrogen-bond acceptors (Lipinski definition) is 4. The van der Waals surface area contributed by atoms with Crippen LogP contribution in [0.3, 0.4) is 0 Å². The van der Waals surface area contributed by atoms with Crippen molar-refractivity contribution in [3.8, 4) is 22.4 Å². The lowest BCUT2D eigenvalue weighted by molar-refractivity contribution is -0.114. The molecule has 0 amide bonds. The summed E-state index contributed by atoms with van der Waals surface area (Å²) in [4.78, 5) is 31.6. The van der Waals surface area contributed by atoms with Crippen LogP contribution < -0.4 is 10.9 Å². The third kappa shape index (κ3) is 5.85. The van der Waals surface area contributed by atoms with Crippen LogP contribution in [0.15, 0.2) is 115 Å². The van der Waals surface area contributed by atoms with E-state index in [2.05, 4.69) is 53.3 Å². The minimum Gasteiger partial charge on any atom is -0.328 e. The summed E-state index contributed by atoms with van der Waals surface area (Å²) >= 11 is 0. The zero-order valence-electron chi connectivity index (χ0n) is 21.1. The van der Waals surface area contributed by atoms with Crippen molar-refractivity contribution in [1.29, 1.82) is 0 Å². The predicted octanol–water partition coefficient (Wildman–Crippen LogP) is 5.89. The summed E-state index contributed by atoms with van der Waals surface area (Å²) in [5, 5.41) is 4.09. The Labute approximate surface area is 221 Å². The minimum absolute atomic E-state index is 0.0355. The summed E-state index contributed by atoms with van der Waals surface area (Å²) in [6.45, 7) is 5.14. The molecule has 0 saturated carbocycles. The number of rotatable bonds is 10. The Bertz CT molecular complexity index is 1620. The summed E-state index contributed by atoms with van der Waals surface area (Å²) in [6, 6.07) is 30.4. The standard InChI is InChI=1S/C33H29N3O2/c1-2-28(37)20-24-10-8-23(9-11-24)16-18-34-22-25-12-14-27(15-13-25)32-29(26-6-4-3-5-7-26)21-30-31(36-32)17-19-35-33(30)38/h2-15,17,19,21,34H,1,16,18,20,22H2,(H,35,38). The van der Waals surface area contributed by atoms with Gasteiger partial charge >= 0.3 is 0 Å². The highest BCUT2D eigenvalue weighted by Crippen LogP contribution is 2.32. The molecule has 2 aromatic heterocycles. The van der Waals surface area contributed by atoms with Crippen molar-refractivity contribution in [3.63, 3.8) is 0 Å². The normalized spacial score (nSPS) is 10.9. The van der Waals surface area contributed by atoms with E-state index in [1.54, 1.807) is 6.20 Å². The van der Waals surface area contributed by atoms with E-state index in [-0.39, 0.29) is 11.3 Å². The molecule has 0 atom stereocenters. The molecule has 3 aromatic carbocycles. The maximum atomic E-state index is 12.4. The van der Waals surface area contributed by atoms with Gasteiger partial charge in [0, 0.05) is 30.3 Å². The van der Waals surface area contributed by atoms with Crippen LogP contribution in [0.5, 0.6) is 0 Å². The summed E-state index contributed by atoms with van der Waals surface area (Å²) in [5.74, 6) is 0.0355. The Balaban J connectivity index is 1.27. The van der Waals surface area contributed by atoms with Gasteiger partial charge in [-0.05, 0) is 53.4 Å². The van der Waals surface area contributed by atoms with Crippen LogP contribution in [0, 0.1) is 0 Å². The molecule has 0 bridgehead atoms. The Hall–Kier alpha value is -4.61. The van der Waals surface area contributed by atoms with Crippen LogP contribution in [0.4, 0.5) is 0 Å². The Morgan fingerprint density at radius 1 is 0.868 bits per heavy atom. The summed E-state index contributed by atoms with van der Waals surface area (Å²) in [6.07, 6.45) is 4.32. The van der Waals surface area contributed by atoms with Crippen molar-refractivity contribution >= 4 is 16.7 Å². The van der Waals surface area contributed by atoms with E-state index in [1.807, 2.05) is 54.6 Å². The second kappa shape index (κ2) is 11.6. The molecule has 0 aliphatic carbocycles. The average molecular weight is 500 g/mol. The molecule has 5 nitrogen and oxygen atoms in total. The molecule has 0 aliphatic rings. The third-order valence-electron chi connectivity index (χ3n) is 6.61. The zero-order valence-corrected chi connectivity index (χ0v) is 21.1. The molecule has 5 heteroatoms. The highest BCUT2D eigenvalue weighted by molar-refractivity contribution is 5.91. The van der Waals surface area contributed by atoms with Gasteiger partial charge in [-0.1, -0.05) is 85.4 Å². The maximum Gasteiger partial charge on any atom is 0.257 e. The van der Waals surface area contributed by atoms with E-state index < -0.39 is 0 Å². The van der Waals surface area contributed by atoms with Crippen LogP contribution >= 0.6 is 0 Å². The second-order valence-corrected chi connectivity index (χ2v) is 9.28. The number of nitrogens with one attached hydrogen (secondary N) is 2. The number of ketones is 1. The van der Waals surface area contributed by atoms with Crippen LogP contribution in [0.25, 0.3) is 33.3 Å². The highest BCUT2D eigenvalue weighted by Gasteiger charge is 2.13. The van der Waals surface area contributed by atoms with Gasteiger partial charge in [-0.15, -0.1) is 0 Å². The lowest BCUT2D eigenvalue weighted by Gasteiger charge is -2.12. The van der Waals surface area contributed by atoms with Gasteiger partial charge in [-0.25, -0.2) is 4.98 Å². The molecule has 0 saturated heterocycles. The third-order valence-corrected chi connectivity index (χ3v) is 6.61. The number of aromatic nitrogens is 2. The summed E-state index contributed by atoms with van der Waals surface area (Å²) in [5.41, 5.74) is 7.77. The Morgan fingerprint density at radius 3 is 2.32 bits per heavy atom. The molecule has 0 unspecified atom stereocenters. The first-order chi connectivity index (χ1) is 18.6. The number of carbonyl (C=O) groups excluding carboxylic acids is 1. The second-order valence-electron chi connectivity index (χ2n) is 9.28. The topological polar surface area (TPSA) is 74.8 Å². The van der Waals surface area contributed by atoms with Gasteiger partial charge in [-0.2, -0.15) is 0 Å². The predicted molar refractivity (Wildman–Crippen MR) is 154 cm³/mol. The molecule has 0 spiro atoms. The van der Waals surface area contributed by atoms with Gasteiger partial charge < -0.3 is 10.3 Å². The van der Waals surface area contributed by atoms with Gasteiger partial charge in [0.05, 0.1) is 16.6 Å². The zero-order chi connectivity index (χ0) is 26.3. The largest absolute Gasteiger partial charge is 0.328 e. The fraction of sp³-hybridized carbons (Fsp3) is 0.121. The first-order valence-electron chi connectivity index (χ1n) is 12.7. The monoisotopic (exact) mass is 499 g/mol. The van der Waals surface area contributed by atoms with E-state index in [4.69, 9.17) is 4.98 Å². The first-order valence-corrected chi connectivity index (χ1v) is 12.7. The molecular weight excluding hydrogens is 470 g/mol. The van der Waals surface area contributed by atoms with Crippen molar-refractivity contribution in [2.24, 2.45) is 0 Å². The molecule has 0 radical (unpaired) electrons. The van der Waals surface area contributed by atoms with Crippen molar-refractivity contribution < 1.29 is 4.79 Å². The molecule has 0 aliphatic heterocycles. The van der Waals surface area contributed by atoms with Crippen LogP contribution in [-0.4, -0.2) is 22.3 Å². The van der Waals surface area contributed by atoms with Crippen molar-refractivity contribution in [1.82, 2.24) is 15.3 Å². The fourth-order valence-corrected chi connectivity index (χ4v) is 4.51. The van der Waals surface area contributed by atoms with Crippen LogP contribution in [0.2, 0.25) is 0 Å². The Morgan fingerprint density at radius 2 is 1.58 bits per heavy atom. The number of hydrogen-bond donors (Lipinski definition) is 2. The van der Waals surface area contributed by atoms with E-state index in [9.17, 15) is 9.59 Å². The minimum atomic E-state index is -0.140. The van der Waals surface area contributed by atoms with Crippen LogP contribution in [-0.2, 0) is 24.2 Å². The van der Waals surface area contributed by atoms with Crippen LogP contribution in [0.1, 0.15) is 16.7 Å². The SMILES string of the molecule is C=CC(=O)Cc1ccc(CCNCc2ccc(-c3nc4cc[nH]c(=O)c4cc3-c3ccccc3)cc2)cc1. The molecular formula is C33H29N3O2. The molecule has 5 rings (SSSR count). The number of pyridine rings is 2. The molecule has 5 aromatic rings. The Kier molecular flexibility index (Phi) is 7.67. The summed E-state index contributed by atoms with van der Waals surface area (Å²) in [7, 11) is 0. The number of allylic oxidation sites excluding steroid dienone is 1. The van der Waals surface area contributed by atoms with Crippen molar-refractivity contribution in [2.75, 3.05) is 6.54 Å². The molecule has 2 N–H and O–H groups in total. The first kappa shape index (κ1) is 25.1. The van der Waals surface area contributed by atoms with Gasteiger partial charge in [0.1, 0.15) is 0 Å². The van der Waals surface area contributed by atoms with E-state index in [1.165, 1.54) is 17.2 Å². The molecule has 38 heavy (non-hydrogen) atoms. The fourth-order valence-electron chi connectivity index (χ4n) is 4.51. The van der Waals surface area contributed by atoms with Gasteiger partial charge in [-0.3, -0.25) is 9.59 Å². The maximum absolute atomic E-state index is 12.4. The number of benzene rings is 3. The number of H-pyrrole nitrogens is 1. The van der Waals surface area contributed by atoms with Crippen molar-refractivity contribution in [3.05, 3.63) is 137 Å². The van der Waals surface area contributed by atoms with E-state index >= 15 is 0 Å². The van der Waals surface area contributed by atoms with Gasteiger partial charge in [0.25, 0.3) is 5.56 Å². The molecule has 2 heterocycles. The molecule has 0 fully saturated rings. The number of nitrogens with zero attached hydrogens (tertiary/aromatic N) is 1. The average Bonchev–Trinajstić information content (AvgIpc) is 2.96. The van der Waals surface area contributed by atoms with E-state index in [0.717, 1.165) is 47.5 Å². The highest BCUT2D eigenvalue weighted by atomic mass is 16.1. The number of carbonyl (C=O) groups is 1.